The zero-order chi connectivity index (χ0) is 22.3. The fourth-order valence-corrected chi connectivity index (χ4v) is 3.45. The number of thioether (sulfide) groups is 1. The second-order valence-corrected chi connectivity index (χ2v) is 8.77. The molecule has 1 unspecified atom stereocenters. The van der Waals surface area contributed by atoms with E-state index in [1.165, 1.54) is 4.90 Å². The van der Waals surface area contributed by atoms with Crippen molar-refractivity contribution < 1.29 is 14.4 Å². The largest absolute Gasteiger partial charge is 0.340 e. The van der Waals surface area contributed by atoms with Crippen LogP contribution in [0.4, 0.5) is 10.5 Å². The van der Waals surface area contributed by atoms with Crippen LogP contribution < -0.4 is 10.6 Å². The van der Waals surface area contributed by atoms with Gasteiger partial charge >= 0.3 is 0 Å². The van der Waals surface area contributed by atoms with E-state index in [0.29, 0.717) is 17.7 Å². The van der Waals surface area contributed by atoms with Crippen LogP contribution in [0.5, 0.6) is 0 Å². The van der Waals surface area contributed by atoms with Crippen molar-refractivity contribution in [3.63, 3.8) is 0 Å². The molecular weight excluding hydrogens is 398 g/mol. The number of aryl methyl sites for hydroxylation is 1. The molecule has 2 N–H and O–H groups in total. The Morgan fingerprint density at radius 3 is 2.20 bits per heavy atom. The summed E-state index contributed by atoms with van der Waals surface area (Å²) in [5.41, 5.74) is 2.03. The van der Waals surface area contributed by atoms with Crippen molar-refractivity contribution in [3.8, 4) is 0 Å². The first kappa shape index (κ1) is 23.5. The molecule has 0 fully saturated rings. The highest BCUT2D eigenvalue weighted by molar-refractivity contribution is 8.13. The first-order valence-corrected chi connectivity index (χ1v) is 10.7. The van der Waals surface area contributed by atoms with Crippen molar-refractivity contribution in [2.75, 3.05) is 19.4 Å². The number of anilines is 1. The summed E-state index contributed by atoms with van der Waals surface area (Å²) >= 11 is 1.12. The monoisotopic (exact) mass is 427 g/mol. The molecule has 0 saturated carbocycles. The Balaban J connectivity index is 2.07. The minimum atomic E-state index is -0.651. The van der Waals surface area contributed by atoms with Gasteiger partial charge in [-0.05, 0) is 66.9 Å². The minimum absolute atomic E-state index is 0.0669. The van der Waals surface area contributed by atoms with Gasteiger partial charge in [0.05, 0.1) is 0 Å². The molecule has 0 heterocycles. The van der Waals surface area contributed by atoms with Crippen LogP contribution >= 0.6 is 11.8 Å². The van der Waals surface area contributed by atoms with Gasteiger partial charge in [-0.25, -0.2) is 0 Å². The number of carbonyl (C=O) groups is 3. The second-order valence-electron chi connectivity index (χ2n) is 7.75. The van der Waals surface area contributed by atoms with Crippen LogP contribution in [-0.2, 0) is 4.79 Å². The van der Waals surface area contributed by atoms with Gasteiger partial charge in [0.1, 0.15) is 6.04 Å². The van der Waals surface area contributed by atoms with Crippen molar-refractivity contribution >= 4 is 34.5 Å². The van der Waals surface area contributed by atoms with Gasteiger partial charge in [0.15, 0.2) is 0 Å². The normalized spacial score (nSPS) is 11.7. The van der Waals surface area contributed by atoms with Gasteiger partial charge in [-0.2, -0.15) is 0 Å². The number of hydrogen-bond acceptors (Lipinski definition) is 4. The molecule has 0 aliphatic carbocycles. The number of nitrogens with one attached hydrogen (secondary N) is 2. The Kier molecular flexibility index (Phi) is 8.47. The van der Waals surface area contributed by atoms with Crippen LogP contribution in [0.2, 0.25) is 0 Å². The van der Waals surface area contributed by atoms with E-state index in [9.17, 15) is 14.4 Å². The van der Waals surface area contributed by atoms with Crippen molar-refractivity contribution in [2.45, 2.75) is 38.1 Å². The van der Waals surface area contributed by atoms with Gasteiger partial charge in [0, 0.05) is 30.2 Å². The minimum Gasteiger partial charge on any atom is -0.340 e. The number of carbonyl (C=O) groups excluding carboxylic acids is 3. The summed E-state index contributed by atoms with van der Waals surface area (Å²) in [4.78, 5) is 39.6. The summed E-state index contributed by atoms with van der Waals surface area (Å²) < 4.78 is 0. The number of benzene rings is 2. The Morgan fingerprint density at radius 2 is 1.63 bits per heavy atom. The van der Waals surface area contributed by atoms with E-state index in [1.54, 1.807) is 50.5 Å². The van der Waals surface area contributed by atoms with E-state index < -0.39 is 6.04 Å². The molecule has 0 radical (unpaired) electrons. The van der Waals surface area contributed by atoms with Crippen molar-refractivity contribution in [1.29, 1.82) is 0 Å². The van der Waals surface area contributed by atoms with Crippen LogP contribution in [0.15, 0.2) is 53.4 Å². The fraction of sp³-hybridized carbons (Fsp3) is 0.348. The second kappa shape index (κ2) is 10.8. The Labute approximate surface area is 182 Å². The van der Waals surface area contributed by atoms with Gasteiger partial charge < -0.3 is 15.5 Å². The van der Waals surface area contributed by atoms with Crippen molar-refractivity contribution in [3.05, 3.63) is 59.7 Å². The van der Waals surface area contributed by atoms with Crippen LogP contribution in [-0.4, -0.2) is 42.1 Å². The molecule has 0 aliphatic heterocycles. The maximum Gasteiger partial charge on any atom is 0.285 e. The maximum absolute atomic E-state index is 12.9. The van der Waals surface area contributed by atoms with E-state index in [1.807, 2.05) is 32.9 Å². The standard InChI is InChI=1S/C23H29N3O3S/c1-15(2)14-20(25-21(27)19-9-7-6-8-16(19)3)22(28)24-17-10-12-18(13-11-17)30-23(29)26(4)5/h6-13,15,20H,14H2,1-5H3,(H,24,28)(H,25,27). The molecule has 3 amide bonds. The summed E-state index contributed by atoms with van der Waals surface area (Å²) in [6.07, 6.45) is 0.523. The summed E-state index contributed by atoms with van der Waals surface area (Å²) in [6, 6.07) is 13.7. The van der Waals surface area contributed by atoms with Crippen LogP contribution in [0.1, 0.15) is 36.2 Å². The van der Waals surface area contributed by atoms with Crippen molar-refractivity contribution in [2.24, 2.45) is 5.92 Å². The number of nitrogens with zero attached hydrogens (tertiary/aromatic N) is 1. The zero-order valence-electron chi connectivity index (χ0n) is 18.1. The van der Waals surface area contributed by atoms with Crippen LogP contribution in [0, 0.1) is 12.8 Å². The van der Waals surface area contributed by atoms with Gasteiger partial charge in [-0.15, -0.1) is 0 Å². The first-order valence-electron chi connectivity index (χ1n) is 9.84. The topological polar surface area (TPSA) is 78.5 Å². The quantitative estimate of drug-likeness (QED) is 0.636. The lowest BCUT2D eigenvalue weighted by atomic mass is 10.0. The molecule has 0 aliphatic rings. The lowest BCUT2D eigenvalue weighted by Gasteiger charge is -2.21. The third-order valence-electron chi connectivity index (χ3n) is 4.41. The Morgan fingerprint density at radius 1 is 1.00 bits per heavy atom. The van der Waals surface area contributed by atoms with E-state index in [-0.39, 0.29) is 23.0 Å². The summed E-state index contributed by atoms with van der Waals surface area (Å²) in [5, 5.41) is 5.67. The molecule has 2 aromatic rings. The first-order chi connectivity index (χ1) is 14.2. The van der Waals surface area contributed by atoms with Gasteiger partial charge in [0.25, 0.3) is 11.1 Å². The van der Waals surface area contributed by atoms with Gasteiger partial charge in [-0.3, -0.25) is 14.4 Å². The third kappa shape index (κ3) is 6.91. The SMILES string of the molecule is Cc1ccccc1C(=O)NC(CC(C)C)C(=O)Nc1ccc(SC(=O)N(C)C)cc1. The highest BCUT2D eigenvalue weighted by Crippen LogP contribution is 2.22. The third-order valence-corrected chi connectivity index (χ3v) is 5.46. The number of hydrogen-bond donors (Lipinski definition) is 2. The molecule has 30 heavy (non-hydrogen) atoms. The average molecular weight is 428 g/mol. The molecular formula is C23H29N3O3S. The van der Waals surface area contributed by atoms with E-state index in [4.69, 9.17) is 0 Å². The fourth-order valence-electron chi connectivity index (χ4n) is 2.79. The van der Waals surface area contributed by atoms with Crippen molar-refractivity contribution in [1.82, 2.24) is 10.2 Å². The van der Waals surface area contributed by atoms with Gasteiger partial charge in [0.2, 0.25) is 5.91 Å². The van der Waals surface area contributed by atoms with Crippen LogP contribution in [0.3, 0.4) is 0 Å². The Bertz CT molecular complexity index is 895. The lowest BCUT2D eigenvalue weighted by Crippen LogP contribution is -2.44. The number of amides is 3. The number of rotatable bonds is 7. The molecule has 1 atom stereocenters. The highest BCUT2D eigenvalue weighted by Gasteiger charge is 2.23. The van der Waals surface area contributed by atoms with E-state index in [0.717, 1.165) is 22.2 Å². The molecule has 160 valence electrons. The predicted octanol–water partition coefficient (Wildman–Crippen LogP) is 4.55. The van der Waals surface area contributed by atoms with Gasteiger partial charge in [-0.1, -0.05) is 32.0 Å². The molecule has 0 spiro atoms. The Hall–Kier alpha value is -2.80. The van der Waals surface area contributed by atoms with Crippen LogP contribution in [0.25, 0.3) is 0 Å². The average Bonchev–Trinajstić information content (AvgIpc) is 2.68. The zero-order valence-corrected chi connectivity index (χ0v) is 18.9. The molecule has 0 bridgehead atoms. The van der Waals surface area contributed by atoms with E-state index >= 15 is 0 Å². The summed E-state index contributed by atoms with van der Waals surface area (Å²) in [7, 11) is 3.40. The highest BCUT2D eigenvalue weighted by atomic mass is 32.2. The molecule has 0 aromatic heterocycles. The van der Waals surface area contributed by atoms with E-state index in [2.05, 4.69) is 10.6 Å². The smallest absolute Gasteiger partial charge is 0.285 e. The predicted molar refractivity (Wildman–Crippen MR) is 122 cm³/mol. The molecule has 2 aromatic carbocycles. The maximum atomic E-state index is 12.9. The molecule has 6 nitrogen and oxygen atoms in total. The molecule has 2 rings (SSSR count). The molecule has 0 saturated heterocycles. The molecule has 7 heteroatoms. The lowest BCUT2D eigenvalue weighted by molar-refractivity contribution is -0.118. The summed E-state index contributed by atoms with van der Waals surface area (Å²) in [5.74, 6) is -0.299. The summed E-state index contributed by atoms with van der Waals surface area (Å²) in [6.45, 7) is 5.88.